The summed E-state index contributed by atoms with van der Waals surface area (Å²) >= 11 is 0. The third-order valence-electron chi connectivity index (χ3n) is 1.75. The van der Waals surface area contributed by atoms with E-state index in [4.69, 9.17) is 10.4 Å². The number of anilines is 1. The number of aromatic nitrogens is 2. The Labute approximate surface area is 82.4 Å². The van der Waals surface area contributed by atoms with Gasteiger partial charge in [0, 0.05) is 25.0 Å². The fourth-order valence-electron chi connectivity index (χ4n) is 1.02. The van der Waals surface area contributed by atoms with Crippen molar-refractivity contribution in [3.05, 3.63) is 18.1 Å². The summed E-state index contributed by atoms with van der Waals surface area (Å²) in [6.45, 7) is 2.02. The lowest BCUT2D eigenvalue weighted by Gasteiger charge is -2.12. The summed E-state index contributed by atoms with van der Waals surface area (Å²) in [6, 6.07) is 2.02. The van der Waals surface area contributed by atoms with E-state index >= 15 is 0 Å². The van der Waals surface area contributed by atoms with Gasteiger partial charge in [0.1, 0.15) is 6.07 Å². The van der Waals surface area contributed by atoms with Gasteiger partial charge in [0.25, 0.3) is 0 Å². The minimum absolute atomic E-state index is 0.0730. The highest BCUT2D eigenvalue weighted by Gasteiger charge is 2.06. The van der Waals surface area contributed by atoms with Crippen molar-refractivity contribution in [3.8, 4) is 6.07 Å². The molecular formula is C9H12N4O. The highest BCUT2D eigenvalue weighted by Crippen LogP contribution is 2.08. The predicted molar refractivity (Wildman–Crippen MR) is 51.5 cm³/mol. The van der Waals surface area contributed by atoms with E-state index in [-0.39, 0.29) is 18.3 Å². The molecule has 1 aromatic heterocycles. The minimum Gasteiger partial charge on any atom is -0.396 e. The van der Waals surface area contributed by atoms with Gasteiger partial charge >= 0.3 is 0 Å². The van der Waals surface area contributed by atoms with E-state index in [9.17, 15) is 0 Å². The van der Waals surface area contributed by atoms with Crippen molar-refractivity contribution >= 4 is 5.82 Å². The van der Waals surface area contributed by atoms with E-state index in [2.05, 4.69) is 15.3 Å². The summed E-state index contributed by atoms with van der Waals surface area (Å²) in [4.78, 5) is 7.86. The van der Waals surface area contributed by atoms with Gasteiger partial charge in [-0.2, -0.15) is 5.26 Å². The van der Waals surface area contributed by atoms with E-state index in [1.165, 1.54) is 12.4 Å². The average molecular weight is 192 g/mol. The Morgan fingerprint density at radius 1 is 1.57 bits per heavy atom. The zero-order valence-corrected chi connectivity index (χ0v) is 7.94. The van der Waals surface area contributed by atoms with Crippen molar-refractivity contribution in [3.63, 3.8) is 0 Å². The second kappa shape index (κ2) is 5.14. The maximum Gasteiger partial charge on any atom is 0.182 e. The standard InChI is InChI=1S/C9H12N4O/c1-7(2-5-14)13-9-8(6-10)11-3-4-12-9/h3-4,7,14H,2,5H2,1H3,(H,12,13)/t7-/m1/s1. The molecule has 1 aromatic rings. The maximum atomic E-state index is 8.72. The molecule has 0 aliphatic carbocycles. The fourth-order valence-corrected chi connectivity index (χ4v) is 1.02. The number of aliphatic hydroxyl groups excluding tert-OH is 1. The molecule has 0 saturated heterocycles. The first kappa shape index (κ1) is 10.4. The number of hydrogen-bond donors (Lipinski definition) is 2. The summed E-state index contributed by atoms with van der Waals surface area (Å²) in [7, 11) is 0. The number of hydrogen-bond acceptors (Lipinski definition) is 5. The first-order valence-corrected chi connectivity index (χ1v) is 4.36. The molecule has 0 bridgehead atoms. The van der Waals surface area contributed by atoms with E-state index < -0.39 is 0 Å². The Balaban J connectivity index is 2.71. The number of aliphatic hydroxyl groups is 1. The largest absolute Gasteiger partial charge is 0.396 e. The van der Waals surface area contributed by atoms with Gasteiger partial charge in [-0.3, -0.25) is 0 Å². The Morgan fingerprint density at radius 3 is 2.93 bits per heavy atom. The second-order valence-electron chi connectivity index (χ2n) is 2.92. The lowest BCUT2D eigenvalue weighted by molar-refractivity contribution is 0.282. The van der Waals surface area contributed by atoms with Crippen LogP contribution in [-0.2, 0) is 0 Å². The van der Waals surface area contributed by atoms with Crippen LogP contribution in [0.3, 0.4) is 0 Å². The molecule has 0 aliphatic heterocycles. The van der Waals surface area contributed by atoms with Gasteiger partial charge in [-0.05, 0) is 13.3 Å². The molecule has 0 aliphatic rings. The van der Waals surface area contributed by atoms with Gasteiger partial charge in [-0.25, -0.2) is 9.97 Å². The highest BCUT2D eigenvalue weighted by atomic mass is 16.3. The number of nitrogens with one attached hydrogen (secondary N) is 1. The minimum atomic E-state index is 0.0730. The van der Waals surface area contributed by atoms with Crippen molar-refractivity contribution in [2.45, 2.75) is 19.4 Å². The number of nitriles is 1. The summed E-state index contributed by atoms with van der Waals surface area (Å²) in [5.41, 5.74) is 0.275. The monoisotopic (exact) mass is 192 g/mol. The zero-order valence-electron chi connectivity index (χ0n) is 7.94. The van der Waals surface area contributed by atoms with Crippen molar-refractivity contribution in [2.24, 2.45) is 0 Å². The number of nitrogens with zero attached hydrogens (tertiary/aromatic N) is 3. The molecule has 0 fully saturated rings. The normalized spacial score (nSPS) is 11.8. The Bertz CT molecular complexity index is 334. The van der Waals surface area contributed by atoms with E-state index in [1.807, 2.05) is 13.0 Å². The third kappa shape index (κ3) is 2.68. The second-order valence-corrected chi connectivity index (χ2v) is 2.92. The van der Waals surface area contributed by atoms with Gasteiger partial charge in [0.05, 0.1) is 0 Å². The average Bonchev–Trinajstić information content (AvgIpc) is 2.19. The van der Waals surface area contributed by atoms with E-state index in [1.54, 1.807) is 0 Å². The predicted octanol–water partition coefficient (Wildman–Crippen LogP) is 0.531. The van der Waals surface area contributed by atoms with Crippen LogP contribution < -0.4 is 5.32 Å². The molecule has 2 N–H and O–H groups in total. The molecule has 0 radical (unpaired) electrons. The molecule has 0 aromatic carbocycles. The Morgan fingerprint density at radius 2 is 2.29 bits per heavy atom. The fraction of sp³-hybridized carbons (Fsp3) is 0.444. The third-order valence-corrected chi connectivity index (χ3v) is 1.75. The zero-order chi connectivity index (χ0) is 10.4. The molecule has 0 unspecified atom stereocenters. The van der Waals surface area contributed by atoms with E-state index in [0.717, 1.165) is 0 Å². The molecule has 1 atom stereocenters. The lowest BCUT2D eigenvalue weighted by atomic mass is 10.2. The van der Waals surface area contributed by atoms with Gasteiger partial charge in [-0.1, -0.05) is 0 Å². The molecule has 1 rings (SSSR count). The molecule has 0 spiro atoms. The summed E-state index contributed by atoms with van der Waals surface area (Å²) in [5, 5.41) is 20.4. The van der Waals surface area contributed by atoms with Gasteiger partial charge < -0.3 is 10.4 Å². The van der Waals surface area contributed by atoms with Crippen molar-refractivity contribution in [2.75, 3.05) is 11.9 Å². The van der Waals surface area contributed by atoms with Crippen LogP contribution >= 0.6 is 0 Å². The van der Waals surface area contributed by atoms with Gasteiger partial charge in [0.2, 0.25) is 0 Å². The first-order valence-electron chi connectivity index (χ1n) is 4.36. The lowest BCUT2D eigenvalue weighted by Crippen LogP contribution is -2.18. The van der Waals surface area contributed by atoms with Crippen LogP contribution in [0.15, 0.2) is 12.4 Å². The summed E-state index contributed by atoms with van der Waals surface area (Å²) < 4.78 is 0. The van der Waals surface area contributed by atoms with Crippen LogP contribution in [0.4, 0.5) is 5.82 Å². The van der Waals surface area contributed by atoms with Gasteiger partial charge in [-0.15, -0.1) is 0 Å². The smallest absolute Gasteiger partial charge is 0.182 e. The van der Waals surface area contributed by atoms with E-state index in [0.29, 0.717) is 12.2 Å². The topological polar surface area (TPSA) is 81.8 Å². The first-order chi connectivity index (χ1) is 6.77. The Kier molecular flexibility index (Phi) is 3.83. The molecule has 0 amide bonds. The molecule has 5 nitrogen and oxygen atoms in total. The SMILES string of the molecule is C[C@H](CCO)Nc1nccnc1C#N. The quantitative estimate of drug-likeness (QED) is 0.727. The maximum absolute atomic E-state index is 8.72. The highest BCUT2D eigenvalue weighted by molar-refractivity contribution is 5.47. The van der Waals surface area contributed by atoms with Crippen LogP contribution in [0, 0.1) is 11.3 Å². The summed E-state index contributed by atoms with van der Waals surface area (Å²) in [6.07, 6.45) is 3.61. The van der Waals surface area contributed by atoms with Crippen molar-refractivity contribution in [1.29, 1.82) is 5.26 Å². The molecule has 5 heteroatoms. The van der Waals surface area contributed by atoms with Crippen molar-refractivity contribution in [1.82, 2.24) is 9.97 Å². The Hall–Kier alpha value is -1.67. The number of rotatable bonds is 4. The van der Waals surface area contributed by atoms with Crippen LogP contribution in [0.5, 0.6) is 0 Å². The van der Waals surface area contributed by atoms with Crippen LogP contribution in [0.25, 0.3) is 0 Å². The van der Waals surface area contributed by atoms with Crippen LogP contribution in [0.1, 0.15) is 19.0 Å². The summed E-state index contributed by atoms with van der Waals surface area (Å²) in [5.74, 6) is 0.468. The molecule has 1 heterocycles. The molecule has 0 saturated carbocycles. The van der Waals surface area contributed by atoms with Crippen LogP contribution in [0.2, 0.25) is 0 Å². The van der Waals surface area contributed by atoms with Crippen molar-refractivity contribution < 1.29 is 5.11 Å². The molecule has 74 valence electrons. The van der Waals surface area contributed by atoms with Crippen LogP contribution in [-0.4, -0.2) is 27.7 Å². The van der Waals surface area contributed by atoms with Gasteiger partial charge in [0.15, 0.2) is 11.5 Å². The molecule has 14 heavy (non-hydrogen) atoms. The molecular weight excluding hydrogens is 180 g/mol.